The maximum Gasteiger partial charge on any atom is 0.270 e. The average Bonchev–Trinajstić information content (AvgIpc) is 2.75. The summed E-state index contributed by atoms with van der Waals surface area (Å²) in [6, 6.07) is 16.1. The summed E-state index contributed by atoms with van der Waals surface area (Å²) in [5.41, 5.74) is 1.48. The van der Waals surface area contributed by atoms with Gasteiger partial charge in [-0.25, -0.2) is 8.42 Å². The van der Waals surface area contributed by atoms with Crippen LogP contribution in [-0.4, -0.2) is 26.4 Å². The molecule has 0 aliphatic heterocycles. The Morgan fingerprint density at radius 2 is 1.74 bits per heavy atom. The number of sulfonamides is 1. The van der Waals surface area contributed by atoms with Gasteiger partial charge in [0.25, 0.3) is 21.6 Å². The molecule has 160 valence electrons. The lowest BCUT2D eigenvalue weighted by Crippen LogP contribution is -2.15. The Balaban J connectivity index is 1.84. The predicted molar refractivity (Wildman–Crippen MR) is 116 cm³/mol. The number of methoxy groups -OCH3 is 1. The van der Waals surface area contributed by atoms with Gasteiger partial charge in [-0.1, -0.05) is 23.8 Å². The molecule has 0 radical (unpaired) electrons. The van der Waals surface area contributed by atoms with E-state index in [0.29, 0.717) is 5.69 Å². The van der Waals surface area contributed by atoms with Gasteiger partial charge in [0.15, 0.2) is 0 Å². The van der Waals surface area contributed by atoms with Gasteiger partial charge in [0.1, 0.15) is 5.75 Å². The number of carbonyl (C=O) groups excluding carboxylic acids is 1. The van der Waals surface area contributed by atoms with Crippen molar-refractivity contribution in [3.8, 4) is 5.75 Å². The van der Waals surface area contributed by atoms with Gasteiger partial charge in [-0.05, 0) is 37.3 Å². The minimum Gasteiger partial charge on any atom is -0.495 e. The highest BCUT2D eigenvalue weighted by Gasteiger charge is 2.19. The molecule has 0 aromatic heterocycles. The maximum atomic E-state index is 12.7. The third kappa shape index (κ3) is 5.17. The van der Waals surface area contributed by atoms with E-state index in [0.717, 1.165) is 11.6 Å². The van der Waals surface area contributed by atoms with Crippen molar-refractivity contribution in [1.82, 2.24) is 0 Å². The van der Waals surface area contributed by atoms with Gasteiger partial charge >= 0.3 is 0 Å². The number of nitro benzene ring substituents is 1. The van der Waals surface area contributed by atoms with Crippen molar-refractivity contribution < 1.29 is 22.9 Å². The molecule has 3 rings (SSSR count). The lowest BCUT2D eigenvalue weighted by Gasteiger charge is -2.13. The molecular formula is C21H19N3O6S. The molecule has 31 heavy (non-hydrogen) atoms. The number of hydrogen-bond acceptors (Lipinski definition) is 6. The second kappa shape index (κ2) is 8.84. The van der Waals surface area contributed by atoms with Crippen LogP contribution in [0.25, 0.3) is 0 Å². The molecule has 3 aromatic carbocycles. The fraction of sp³-hybridized carbons (Fsp3) is 0.0952. The number of nitrogens with one attached hydrogen (secondary N) is 2. The van der Waals surface area contributed by atoms with Crippen molar-refractivity contribution in [3.05, 3.63) is 88.0 Å². The average molecular weight is 441 g/mol. The molecule has 0 unspecified atom stereocenters. The van der Waals surface area contributed by atoms with Crippen LogP contribution in [0.5, 0.6) is 5.75 Å². The zero-order valence-electron chi connectivity index (χ0n) is 16.7. The Bertz CT molecular complexity index is 1240. The van der Waals surface area contributed by atoms with E-state index in [1.807, 2.05) is 6.92 Å². The van der Waals surface area contributed by atoms with Gasteiger partial charge in [-0.15, -0.1) is 0 Å². The summed E-state index contributed by atoms with van der Waals surface area (Å²) < 4.78 is 33.1. The number of nitrogens with zero attached hydrogens (tertiary/aromatic N) is 1. The fourth-order valence-corrected chi connectivity index (χ4v) is 3.81. The second-order valence-electron chi connectivity index (χ2n) is 6.60. The van der Waals surface area contributed by atoms with Crippen LogP contribution >= 0.6 is 0 Å². The number of nitro groups is 1. The molecule has 0 spiro atoms. The summed E-state index contributed by atoms with van der Waals surface area (Å²) in [6.07, 6.45) is 0. The zero-order valence-corrected chi connectivity index (χ0v) is 17.5. The highest BCUT2D eigenvalue weighted by molar-refractivity contribution is 7.92. The Morgan fingerprint density at radius 1 is 1.03 bits per heavy atom. The molecule has 1 amide bonds. The predicted octanol–water partition coefficient (Wildman–Crippen LogP) is 3.96. The van der Waals surface area contributed by atoms with Crippen LogP contribution in [0, 0.1) is 17.0 Å². The van der Waals surface area contributed by atoms with Crippen LogP contribution < -0.4 is 14.8 Å². The Kier molecular flexibility index (Phi) is 6.21. The zero-order chi connectivity index (χ0) is 22.6. The fourth-order valence-electron chi connectivity index (χ4n) is 2.73. The van der Waals surface area contributed by atoms with Gasteiger partial charge in [0.05, 0.1) is 22.6 Å². The van der Waals surface area contributed by atoms with Crippen molar-refractivity contribution in [2.75, 3.05) is 17.1 Å². The molecule has 0 fully saturated rings. The van der Waals surface area contributed by atoms with Crippen molar-refractivity contribution in [2.24, 2.45) is 0 Å². The number of anilines is 2. The minimum absolute atomic E-state index is 0.0572. The summed E-state index contributed by atoms with van der Waals surface area (Å²) in [6.45, 7) is 1.89. The third-order valence-corrected chi connectivity index (χ3v) is 5.73. The Hall–Kier alpha value is -3.92. The van der Waals surface area contributed by atoms with Gasteiger partial charge in [-0.3, -0.25) is 19.6 Å². The summed E-state index contributed by atoms with van der Waals surface area (Å²) in [5, 5.41) is 13.5. The van der Waals surface area contributed by atoms with E-state index in [9.17, 15) is 23.3 Å². The Morgan fingerprint density at radius 3 is 2.39 bits per heavy atom. The number of rotatable bonds is 7. The van der Waals surface area contributed by atoms with Crippen LogP contribution in [0.2, 0.25) is 0 Å². The number of carbonyl (C=O) groups is 1. The summed E-state index contributed by atoms with van der Waals surface area (Å²) in [7, 11) is -2.55. The smallest absolute Gasteiger partial charge is 0.270 e. The molecule has 0 bridgehead atoms. The summed E-state index contributed by atoms with van der Waals surface area (Å²) in [4.78, 5) is 22.7. The van der Waals surface area contributed by atoms with Crippen molar-refractivity contribution in [3.63, 3.8) is 0 Å². The number of amides is 1. The molecule has 0 saturated heterocycles. The van der Waals surface area contributed by atoms with E-state index in [2.05, 4.69) is 10.0 Å². The highest BCUT2D eigenvalue weighted by atomic mass is 32.2. The summed E-state index contributed by atoms with van der Waals surface area (Å²) >= 11 is 0. The maximum absolute atomic E-state index is 12.7. The van der Waals surface area contributed by atoms with E-state index in [-0.39, 0.29) is 27.6 Å². The van der Waals surface area contributed by atoms with Crippen LogP contribution in [0.1, 0.15) is 15.9 Å². The van der Waals surface area contributed by atoms with Gasteiger partial charge in [0, 0.05) is 29.4 Å². The molecule has 2 N–H and O–H groups in total. The molecule has 0 aliphatic carbocycles. The topological polar surface area (TPSA) is 128 Å². The van der Waals surface area contributed by atoms with Crippen molar-refractivity contribution in [1.29, 1.82) is 0 Å². The van der Waals surface area contributed by atoms with E-state index in [1.165, 1.54) is 43.5 Å². The molecule has 10 heteroatoms. The standard InChI is InChI=1S/C21H19N3O6S/c1-14-6-8-16(9-7-14)23-31(28,29)18-10-11-19(20(13-18)30-2)22-21(25)15-4-3-5-17(12-15)24(26)27/h3-13,23H,1-2H3,(H,22,25). The van der Waals surface area contributed by atoms with Crippen LogP contribution in [0.4, 0.5) is 17.1 Å². The molecule has 0 heterocycles. The lowest BCUT2D eigenvalue weighted by atomic mass is 10.2. The normalized spacial score (nSPS) is 10.9. The second-order valence-corrected chi connectivity index (χ2v) is 8.28. The molecule has 0 aliphatic rings. The van der Waals surface area contributed by atoms with E-state index in [4.69, 9.17) is 4.74 Å². The first-order chi connectivity index (χ1) is 14.7. The van der Waals surface area contributed by atoms with Crippen LogP contribution in [0.15, 0.2) is 71.6 Å². The third-order valence-electron chi connectivity index (χ3n) is 4.35. The quantitative estimate of drug-likeness (QED) is 0.422. The lowest BCUT2D eigenvalue weighted by molar-refractivity contribution is -0.384. The SMILES string of the molecule is COc1cc(S(=O)(=O)Nc2ccc(C)cc2)ccc1NC(=O)c1cccc([N+](=O)[O-])c1. The highest BCUT2D eigenvalue weighted by Crippen LogP contribution is 2.29. The first kappa shape index (κ1) is 21.8. The van der Waals surface area contributed by atoms with Crippen LogP contribution in [0.3, 0.4) is 0 Å². The molecular weight excluding hydrogens is 422 g/mol. The molecule has 0 saturated carbocycles. The number of hydrogen-bond donors (Lipinski definition) is 2. The Labute approximate surface area is 178 Å². The van der Waals surface area contributed by atoms with E-state index < -0.39 is 20.9 Å². The minimum atomic E-state index is -3.89. The number of ether oxygens (including phenoxy) is 1. The number of non-ortho nitro benzene ring substituents is 1. The van der Waals surface area contributed by atoms with Crippen LogP contribution in [-0.2, 0) is 10.0 Å². The van der Waals surface area contributed by atoms with Crippen molar-refractivity contribution >= 4 is 33.0 Å². The largest absolute Gasteiger partial charge is 0.495 e. The number of aryl methyl sites for hydroxylation is 1. The first-order valence-electron chi connectivity index (χ1n) is 9.03. The van der Waals surface area contributed by atoms with E-state index in [1.54, 1.807) is 24.3 Å². The molecule has 3 aromatic rings. The molecule has 9 nitrogen and oxygen atoms in total. The van der Waals surface area contributed by atoms with E-state index >= 15 is 0 Å². The van der Waals surface area contributed by atoms with Gasteiger partial charge in [0.2, 0.25) is 0 Å². The monoisotopic (exact) mass is 441 g/mol. The summed E-state index contributed by atoms with van der Waals surface area (Å²) in [5.74, 6) is -0.485. The number of benzene rings is 3. The van der Waals surface area contributed by atoms with Gasteiger partial charge in [-0.2, -0.15) is 0 Å². The first-order valence-corrected chi connectivity index (χ1v) is 10.5. The molecule has 0 atom stereocenters. The van der Waals surface area contributed by atoms with Crippen molar-refractivity contribution in [2.45, 2.75) is 11.8 Å². The van der Waals surface area contributed by atoms with Gasteiger partial charge < -0.3 is 10.1 Å².